The predicted molar refractivity (Wildman–Crippen MR) is 85.4 cm³/mol. The highest BCUT2D eigenvalue weighted by molar-refractivity contribution is 7.99. The van der Waals surface area contributed by atoms with Crippen LogP contribution in [0, 0.1) is 0 Å². The fraction of sp³-hybridized carbons (Fsp3) is 0.400. The normalized spacial score (nSPS) is 19.9. The van der Waals surface area contributed by atoms with E-state index in [-0.39, 0.29) is 0 Å². The van der Waals surface area contributed by atoms with Gasteiger partial charge in [-0.05, 0) is 19.1 Å². The quantitative estimate of drug-likeness (QED) is 0.781. The van der Waals surface area contributed by atoms with Crippen molar-refractivity contribution >= 4 is 40.1 Å². The van der Waals surface area contributed by atoms with Gasteiger partial charge in [0.25, 0.3) is 0 Å². The van der Waals surface area contributed by atoms with E-state index in [1.165, 1.54) is 11.1 Å². The Bertz CT molecular complexity index is 587. The first-order valence-corrected chi connectivity index (χ1v) is 8.27. The van der Waals surface area contributed by atoms with Crippen LogP contribution in [0.2, 0.25) is 0 Å². The number of benzene rings is 1. The Balaban J connectivity index is 2.10. The van der Waals surface area contributed by atoms with Crippen LogP contribution in [0.4, 0.5) is 5.82 Å². The van der Waals surface area contributed by atoms with Crippen LogP contribution in [0.1, 0.15) is 12.5 Å². The molecule has 0 amide bonds. The lowest BCUT2D eigenvalue weighted by atomic mass is 10.1. The van der Waals surface area contributed by atoms with E-state index in [1.54, 1.807) is 0 Å². The highest BCUT2D eigenvalue weighted by atomic mass is 35.5. The third-order valence-electron chi connectivity index (χ3n) is 3.56. The van der Waals surface area contributed by atoms with Crippen molar-refractivity contribution < 1.29 is 0 Å². The van der Waals surface area contributed by atoms with Gasteiger partial charge in [0.1, 0.15) is 5.82 Å². The average molecular weight is 293 g/mol. The van der Waals surface area contributed by atoms with Gasteiger partial charge in [-0.1, -0.05) is 18.2 Å². The molecule has 1 unspecified atom stereocenters. The Morgan fingerprint density at radius 1 is 1.42 bits per heavy atom. The van der Waals surface area contributed by atoms with Crippen molar-refractivity contribution in [2.75, 3.05) is 23.0 Å². The summed E-state index contributed by atoms with van der Waals surface area (Å²) in [6.45, 7) is 3.32. The Morgan fingerprint density at radius 3 is 3.05 bits per heavy atom. The lowest BCUT2D eigenvalue weighted by Gasteiger charge is -2.35. The first kappa shape index (κ1) is 13.1. The van der Waals surface area contributed by atoms with E-state index in [9.17, 15) is 0 Å². The first-order valence-electron chi connectivity index (χ1n) is 6.58. The van der Waals surface area contributed by atoms with Crippen LogP contribution in [0.15, 0.2) is 30.3 Å². The second kappa shape index (κ2) is 5.59. The monoisotopic (exact) mass is 292 g/mol. The van der Waals surface area contributed by atoms with Gasteiger partial charge in [0.2, 0.25) is 0 Å². The van der Waals surface area contributed by atoms with Gasteiger partial charge < -0.3 is 4.90 Å². The summed E-state index contributed by atoms with van der Waals surface area (Å²) < 4.78 is 0. The maximum Gasteiger partial charge on any atom is 0.134 e. The molecule has 3 rings (SSSR count). The molecule has 1 aliphatic heterocycles. The third-order valence-corrected chi connectivity index (χ3v) is 5.04. The Labute approximate surface area is 123 Å². The number of hydrogen-bond acceptors (Lipinski definition) is 3. The maximum atomic E-state index is 6.13. The third kappa shape index (κ3) is 2.54. The maximum absolute atomic E-state index is 6.13. The molecule has 100 valence electrons. The summed E-state index contributed by atoms with van der Waals surface area (Å²) in [5, 5.41) is 1.17. The lowest BCUT2D eigenvalue weighted by Crippen LogP contribution is -2.41. The molecule has 0 aliphatic carbocycles. The molecule has 1 fully saturated rings. The molecular formula is C15H17ClN2S. The number of anilines is 1. The molecular weight excluding hydrogens is 276 g/mol. The summed E-state index contributed by atoms with van der Waals surface area (Å²) in [4.78, 5) is 7.26. The fourth-order valence-corrected chi connectivity index (χ4v) is 3.75. The van der Waals surface area contributed by atoms with Crippen LogP contribution >= 0.6 is 23.4 Å². The van der Waals surface area contributed by atoms with Crippen LogP contribution < -0.4 is 4.90 Å². The van der Waals surface area contributed by atoms with Crippen molar-refractivity contribution in [3.63, 3.8) is 0 Å². The van der Waals surface area contributed by atoms with Crippen molar-refractivity contribution in [2.24, 2.45) is 0 Å². The minimum absolute atomic E-state index is 0.517. The molecule has 19 heavy (non-hydrogen) atoms. The summed E-state index contributed by atoms with van der Waals surface area (Å²) in [5.74, 6) is 3.92. The highest BCUT2D eigenvalue weighted by Gasteiger charge is 2.22. The van der Waals surface area contributed by atoms with Gasteiger partial charge in [-0.25, -0.2) is 4.98 Å². The van der Waals surface area contributed by atoms with Gasteiger partial charge in [-0.15, -0.1) is 11.6 Å². The summed E-state index contributed by atoms with van der Waals surface area (Å²) in [5.41, 5.74) is 2.19. The highest BCUT2D eigenvalue weighted by Crippen LogP contribution is 2.29. The van der Waals surface area contributed by atoms with Gasteiger partial charge in [-0.2, -0.15) is 11.8 Å². The van der Waals surface area contributed by atoms with Crippen molar-refractivity contribution in [3.05, 3.63) is 35.9 Å². The van der Waals surface area contributed by atoms with Crippen LogP contribution in [-0.4, -0.2) is 29.1 Å². The zero-order chi connectivity index (χ0) is 13.2. The molecule has 0 saturated carbocycles. The minimum atomic E-state index is 0.517. The molecule has 0 radical (unpaired) electrons. The number of fused-ring (bicyclic) bond motifs is 1. The fourth-order valence-electron chi connectivity index (χ4n) is 2.54. The van der Waals surface area contributed by atoms with Gasteiger partial charge in [0.05, 0.1) is 11.4 Å². The molecule has 2 nitrogen and oxygen atoms in total. The second-order valence-electron chi connectivity index (χ2n) is 4.91. The number of aromatic nitrogens is 1. The number of alkyl halides is 1. The Hall–Kier alpha value is -0.930. The molecule has 1 aliphatic rings. The van der Waals surface area contributed by atoms with E-state index in [1.807, 2.05) is 23.9 Å². The smallest absolute Gasteiger partial charge is 0.134 e. The van der Waals surface area contributed by atoms with Crippen molar-refractivity contribution in [1.82, 2.24) is 4.98 Å². The van der Waals surface area contributed by atoms with Crippen LogP contribution in [0.3, 0.4) is 0 Å². The number of pyridine rings is 1. The molecule has 2 aromatic rings. The molecule has 1 atom stereocenters. The summed E-state index contributed by atoms with van der Waals surface area (Å²) in [6.07, 6.45) is 0. The summed E-state index contributed by atoms with van der Waals surface area (Å²) in [7, 11) is 0. The molecule has 1 aromatic carbocycles. The van der Waals surface area contributed by atoms with Crippen LogP contribution in [0.5, 0.6) is 0 Å². The van der Waals surface area contributed by atoms with Crippen molar-refractivity contribution in [3.8, 4) is 0 Å². The minimum Gasteiger partial charge on any atom is -0.352 e. The number of hydrogen-bond donors (Lipinski definition) is 0. The molecule has 0 spiro atoms. The zero-order valence-electron chi connectivity index (χ0n) is 11.0. The van der Waals surface area contributed by atoms with Gasteiger partial charge >= 0.3 is 0 Å². The van der Waals surface area contributed by atoms with E-state index in [0.29, 0.717) is 11.9 Å². The van der Waals surface area contributed by atoms with Gasteiger partial charge in [0.15, 0.2) is 0 Å². The number of rotatable bonds is 2. The molecule has 1 saturated heterocycles. The summed E-state index contributed by atoms with van der Waals surface area (Å²) in [6, 6.07) is 10.9. The SMILES string of the molecule is CC1CSCCN1c1nc2ccccc2cc1CCl. The van der Waals surface area contributed by atoms with E-state index >= 15 is 0 Å². The topological polar surface area (TPSA) is 16.1 Å². The number of halogens is 1. The first-order chi connectivity index (χ1) is 9.29. The summed E-state index contributed by atoms with van der Waals surface area (Å²) >= 11 is 8.14. The van der Waals surface area contributed by atoms with Crippen molar-refractivity contribution in [1.29, 1.82) is 0 Å². The van der Waals surface area contributed by atoms with Crippen molar-refractivity contribution in [2.45, 2.75) is 18.8 Å². The lowest BCUT2D eigenvalue weighted by molar-refractivity contribution is 0.688. The largest absolute Gasteiger partial charge is 0.352 e. The van der Waals surface area contributed by atoms with E-state index in [0.717, 1.165) is 29.2 Å². The number of para-hydroxylation sites is 1. The van der Waals surface area contributed by atoms with Crippen LogP contribution in [-0.2, 0) is 5.88 Å². The Morgan fingerprint density at radius 2 is 2.26 bits per heavy atom. The van der Waals surface area contributed by atoms with E-state index in [4.69, 9.17) is 16.6 Å². The molecule has 0 bridgehead atoms. The van der Waals surface area contributed by atoms with Crippen LogP contribution in [0.25, 0.3) is 10.9 Å². The predicted octanol–water partition coefficient (Wildman–Crippen LogP) is 3.92. The zero-order valence-corrected chi connectivity index (χ0v) is 12.5. The number of nitrogens with zero attached hydrogens (tertiary/aromatic N) is 2. The number of thioether (sulfide) groups is 1. The second-order valence-corrected chi connectivity index (χ2v) is 6.33. The molecule has 2 heterocycles. The van der Waals surface area contributed by atoms with Gasteiger partial charge in [-0.3, -0.25) is 0 Å². The van der Waals surface area contributed by atoms with E-state index < -0.39 is 0 Å². The Kier molecular flexibility index (Phi) is 3.85. The standard InChI is InChI=1S/C15H17ClN2S/c1-11-10-19-7-6-18(11)15-13(9-16)8-12-4-2-3-5-14(12)17-15/h2-5,8,11H,6-7,9-10H2,1H3. The molecule has 4 heteroatoms. The van der Waals surface area contributed by atoms with E-state index in [2.05, 4.69) is 30.0 Å². The average Bonchev–Trinajstić information content (AvgIpc) is 2.46. The molecule has 0 N–H and O–H groups in total. The van der Waals surface area contributed by atoms with Gasteiger partial charge in [0, 0.05) is 35.0 Å². The molecule has 1 aromatic heterocycles.